The van der Waals surface area contributed by atoms with Crippen LogP contribution in [0.1, 0.15) is 26.3 Å². The molecule has 0 radical (unpaired) electrons. The van der Waals surface area contributed by atoms with Gasteiger partial charge < -0.3 is 10.2 Å². The summed E-state index contributed by atoms with van der Waals surface area (Å²) in [5.74, 6) is 0.418. The summed E-state index contributed by atoms with van der Waals surface area (Å²) in [6.07, 6.45) is 0. The summed E-state index contributed by atoms with van der Waals surface area (Å²) in [6, 6.07) is 16.6. The largest absolute Gasteiger partial charge is 0.354 e. The second-order valence-corrected chi connectivity index (χ2v) is 8.55. The molecule has 6 heteroatoms. The third kappa shape index (κ3) is 7.21. The lowest BCUT2D eigenvalue weighted by atomic mass is 10.1. The van der Waals surface area contributed by atoms with Crippen molar-refractivity contribution in [2.45, 2.75) is 38.3 Å². The highest BCUT2D eigenvalue weighted by atomic mass is 35.5. The van der Waals surface area contributed by atoms with Gasteiger partial charge in [-0.05, 0) is 42.7 Å². The normalized spacial score (nSPS) is 11.9. The Bertz CT molecular complexity index is 766. The van der Waals surface area contributed by atoms with E-state index in [0.717, 1.165) is 10.5 Å². The van der Waals surface area contributed by atoms with Gasteiger partial charge in [0, 0.05) is 23.0 Å². The van der Waals surface area contributed by atoms with Gasteiger partial charge in [0.1, 0.15) is 6.04 Å². The lowest BCUT2D eigenvalue weighted by molar-refractivity contribution is -0.138. The molecule has 0 aliphatic carbocycles. The second-order valence-electron chi connectivity index (χ2n) is 7.06. The molecule has 2 aromatic rings. The van der Waals surface area contributed by atoms with Gasteiger partial charge in [-0.2, -0.15) is 0 Å². The molecule has 2 amide bonds. The van der Waals surface area contributed by atoms with Crippen molar-refractivity contribution in [1.82, 2.24) is 10.2 Å². The molecule has 0 heterocycles. The highest BCUT2D eigenvalue weighted by Gasteiger charge is 2.26. The fourth-order valence-corrected chi connectivity index (χ4v) is 3.50. The maximum atomic E-state index is 13.0. The summed E-state index contributed by atoms with van der Waals surface area (Å²) < 4.78 is 0. The first-order valence-electron chi connectivity index (χ1n) is 9.36. The van der Waals surface area contributed by atoms with E-state index in [4.69, 9.17) is 11.6 Å². The van der Waals surface area contributed by atoms with Crippen LogP contribution in [0, 0.1) is 5.92 Å². The lowest BCUT2D eigenvalue weighted by Crippen LogP contribution is -2.48. The molecule has 2 aromatic carbocycles. The molecule has 0 saturated heterocycles. The van der Waals surface area contributed by atoms with E-state index in [2.05, 4.69) is 5.32 Å². The number of benzene rings is 2. The first-order valence-corrected chi connectivity index (χ1v) is 10.7. The fourth-order valence-electron chi connectivity index (χ4n) is 2.57. The van der Waals surface area contributed by atoms with Gasteiger partial charge in [-0.15, -0.1) is 11.8 Å². The molecule has 2 rings (SSSR count). The van der Waals surface area contributed by atoms with Crippen LogP contribution in [0.15, 0.2) is 59.5 Å². The van der Waals surface area contributed by atoms with Crippen LogP contribution in [-0.4, -0.2) is 35.1 Å². The van der Waals surface area contributed by atoms with Gasteiger partial charge in [-0.1, -0.05) is 55.8 Å². The van der Waals surface area contributed by atoms with E-state index >= 15 is 0 Å². The zero-order chi connectivity index (χ0) is 20.5. The number of rotatable bonds is 9. The predicted octanol–water partition coefficient (Wildman–Crippen LogP) is 4.62. The van der Waals surface area contributed by atoms with Crippen molar-refractivity contribution in [2.24, 2.45) is 5.92 Å². The van der Waals surface area contributed by atoms with Crippen molar-refractivity contribution in [3.63, 3.8) is 0 Å². The number of carbonyl (C=O) groups excluding carboxylic acids is 2. The molecule has 1 unspecified atom stereocenters. The molecule has 4 nitrogen and oxygen atoms in total. The Morgan fingerprint density at radius 2 is 1.68 bits per heavy atom. The van der Waals surface area contributed by atoms with Gasteiger partial charge in [-0.3, -0.25) is 9.59 Å². The molecule has 150 valence electrons. The van der Waals surface area contributed by atoms with Crippen LogP contribution in [0.2, 0.25) is 5.02 Å². The van der Waals surface area contributed by atoms with Crippen LogP contribution < -0.4 is 5.32 Å². The molecule has 28 heavy (non-hydrogen) atoms. The minimum atomic E-state index is -0.557. The molecular formula is C22H27ClN2O2S. The van der Waals surface area contributed by atoms with Crippen LogP contribution in [-0.2, 0) is 16.1 Å². The number of nitrogens with one attached hydrogen (secondary N) is 1. The lowest BCUT2D eigenvalue weighted by Gasteiger charge is -2.29. The van der Waals surface area contributed by atoms with E-state index in [0.29, 0.717) is 24.0 Å². The monoisotopic (exact) mass is 418 g/mol. The predicted molar refractivity (Wildman–Crippen MR) is 116 cm³/mol. The number of hydrogen-bond donors (Lipinski definition) is 1. The number of thioether (sulfide) groups is 1. The van der Waals surface area contributed by atoms with Crippen LogP contribution in [0.3, 0.4) is 0 Å². The number of hydrogen-bond acceptors (Lipinski definition) is 3. The highest BCUT2D eigenvalue weighted by Crippen LogP contribution is 2.20. The smallest absolute Gasteiger partial charge is 0.242 e. The van der Waals surface area contributed by atoms with E-state index < -0.39 is 6.04 Å². The topological polar surface area (TPSA) is 49.4 Å². The van der Waals surface area contributed by atoms with Gasteiger partial charge in [0.05, 0.1) is 5.75 Å². The van der Waals surface area contributed by atoms with Gasteiger partial charge in [0.2, 0.25) is 11.8 Å². The maximum absolute atomic E-state index is 13.0. The Labute approximate surface area is 176 Å². The van der Waals surface area contributed by atoms with Crippen molar-refractivity contribution in [3.8, 4) is 0 Å². The van der Waals surface area contributed by atoms with Crippen LogP contribution >= 0.6 is 23.4 Å². The first-order chi connectivity index (χ1) is 13.4. The van der Waals surface area contributed by atoms with Crippen LogP contribution in [0.25, 0.3) is 0 Å². The Kier molecular flexibility index (Phi) is 8.87. The van der Waals surface area contributed by atoms with Gasteiger partial charge in [0.15, 0.2) is 0 Å². The molecule has 0 aromatic heterocycles. The summed E-state index contributed by atoms with van der Waals surface area (Å²) in [6.45, 7) is 6.80. The molecule has 0 bridgehead atoms. The van der Waals surface area contributed by atoms with Crippen LogP contribution in [0.5, 0.6) is 0 Å². The summed E-state index contributed by atoms with van der Waals surface area (Å²) in [5.41, 5.74) is 0.936. The second kappa shape index (κ2) is 11.1. The summed E-state index contributed by atoms with van der Waals surface area (Å²) in [5, 5.41) is 3.57. The zero-order valence-corrected chi connectivity index (χ0v) is 18.1. The highest BCUT2D eigenvalue weighted by molar-refractivity contribution is 8.00. The number of carbonyl (C=O) groups is 2. The molecular weight excluding hydrogens is 392 g/mol. The quantitative estimate of drug-likeness (QED) is 0.604. The third-order valence-corrected chi connectivity index (χ3v) is 5.47. The molecule has 1 N–H and O–H groups in total. The Balaban J connectivity index is 2.10. The van der Waals surface area contributed by atoms with E-state index in [1.165, 1.54) is 11.8 Å². The van der Waals surface area contributed by atoms with E-state index in [-0.39, 0.29) is 17.6 Å². The van der Waals surface area contributed by atoms with Gasteiger partial charge in [0.25, 0.3) is 0 Å². The number of halogens is 1. The van der Waals surface area contributed by atoms with Crippen molar-refractivity contribution in [2.75, 3.05) is 12.3 Å². The molecule has 0 spiro atoms. The van der Waals surface area contributed by atoms with E-state index in [9.17, 15) is 9.59 Å². The van der Waals surface area contributed by atoms with Crippen molar-refractivity contribution in [3.05, 3.63) is 65.2 Å². The fraction of sp³-hybridized carbons (Fsp3) is 0.364. The zero-order valence-electron chi connectivity index (χ0n) is 16.5. The molecule has 1 atom stereocenters. The number of amides is 2. The minimum Gasteiger partial charge on any atom is -0.354 e. The summed E-state index contributed by atoms with van der Waals surface area (Å²) in [4.78, 5) is 28.2. The summed E-state index contributed by atoms with van der Waals surface area (Å²) >= 11 is 7.44. The SMILES string of the molecule is CC(C)CNC(=O)C(C)N(Cc1ccc(Cl)cc1)C(=O)CSc1ccccc1. The maximum Gasteiger partial charge on any atom is 0.242 e. The number of nitrogens with zero attached hydrogens (tertiary/aromatic N) is 1. The van der Waals surface area contributed by atoms with Crippen molar-refractivity contribution in [1.29, 1.82) is 0 Å². The molecule has 0 fully saturated rings. The average Bonchev–Trinajstić information content (AvgIpc) is 2.70. The third-order valence-electron chi connectivity index (χ3n) is 4.22. The Morgan fingerprint density at radius 3 is 2.29 bits per heavy atom. The van der Waals surface area contributed by atoms with Gasteiger partial charge in [-0.25, -0.2) is 0 Å². The minimum absolute atomic E-state index is 0.0731. The molecule has 0 aliphatic heterocycles. The Morgan fingerprint density at radius 1 is 1.04 bits per heavy atom. The van der Waals surface area contributed by atoms with Gasteiger partial charge >= 0.3 is 0 Å². The summed E-state index contributed by atoms with van der Waals surface area (Å²) in [7, 11) is 0. The average molecular weight is 419 g/mol. The van der Waals surface area contributed by atoms with E-state index in [1.54, 1.807) is 24.0 Å². The molecule has 0 saturated carbocycles. The van der Waals surface area contributed by atoms with Crippen molar-refractivity contribution >= 4 is 35.2 Å². The van der Waals surface area contributed by atoms with Crippen molar-refractivity contribution < 1.29 is 9.59 Å². The first kappa shape index (κ1) is 22.3. The molecule has 0 aliphatic rings. The Hall–Kier alpha value is -1.98. The van der Waals surface area contributed by atoms with Crippen LogP contribution in [0.4, 0.5) is 0 Å². The van der Waals surface area contributed by atoms with E-state index in [1.807, 2.05) is 56.3 Å². The standard InChI is InChI=1S/C22H27ClN2O2S/c1-16(2)13-24-22(27)17(3)25(14-18-9-11-19(23)12-10-18)21(26)15-28-20-7-5-4-6-8-20/h4-12,16-17H,13-15H2,1-3H3,(H,24,27).